The van der Waals surface area contributed by atoms with Gasteiger partial charge in [0.25, 0.3) is 0 Å². The molecule has 0 spiro atoms. The van der Waals surface area contributed by atoms with Crippen LogP contribution in [-0.4, -0.2) is 18.8 Å². The van der Waals surface area contributed by atoms with Gasteiger partial charge in [-0.15, -0.1) is 0 Å². The maximum Gasteiger partial charge on any atom is 0.127 e. The Hall–Kier alpha value is -2.00. The Morgan fingerprint density at radius 2 is 1.76 bits per heavy atom. The van der Waals surface area contributed by atoms with Gasteiger partial charge in [0, 0.05) is 5.56 Å². The number of methoxy groups -OCH3 is 1. The first-order chi connectivity index (χ1) is 11.9. The number of unbranched alkanes of at least 4 members (excludes halogenated alkanes) is 1. The zero-order valence-electron chi connectivity index (χ0n) is 16.1. The molecule has 2 aromatic carbocycles. The molecule has 1 N–H and O–H groups in total. The van der Waals surface area contributed by atoms with Gasteiger partial charge in [-0.05, 0) is 52.8 Å². The second-order valence-corrected chi connectivity index (χ2v) is 7.35. The van der Waals surface area contributed by atoms with Crippen molar-refractivity contribution in [1.29, 1.82) is 0 Å². The molecule has 0 amide bonds. The van der Waals surface area contributed by atoms with E-state index in [0.29, 0.717) is 6.61 Å². The third-order valence-electron chi connectivity index (χ3n) is 4.31. The molecule has 0 saturated heterocycles. The molecule has 0 radical (unpaired) electrons. The lowest BCUT2D eigenvalue weighted by molar-refractivity contribution is 0.282. The van der Waals surface area contributed by atoms with Crippen LogP contribution in [0.4, 0.5) is 0 Å². The van der Waals surface area contributed by atoms with Crippen LogP contribution in [0.3, 0.4) is 0 Å². The first-order valence-corrected chi connectivity index (χ1v) is 8.96. The Morgan fingerprint density at radius 1 is 1.00 bits per heavy atom. The molecule has 0 saturated carbocycles. The summed E-state index contributed by atoms with van der Waals surface area (Å²) in [6.45, 7) is 9.46. The highest BCUT2D eigenvalue weighted by Gasteiger charge is 2.21. The summed E-state index contributed by atoms with van der Waals surface area (Å²) in [5.41, 5.74) is 4.19. The maximum absolute atomic E-state index is 9.59. The molecule has 0 unspecified atom stereocenters. The number of hydrogen-bond acceptors (Lipinski definition) is 3. The summed E-state index contributed by atoms with van der Waals surface area (Å²) in [4.78, 5) is 0. The minimum atomic E-state index is -0.0207. The number of aliphatic hydroxyl groups excluding tert-OH is 1. The van der Waals surface area contributed by atoms with Crippen LogP contribution >= 0.6 is 0 Å². The van der Waals surface area contributed by atoms with E-state index in [1.165, 1.54) is 5.56 Å². The normalized spacial score (nSPS) is 11.4. The van der Waals surface area contributed by atoms with E-state index in [1.54, 1.807) is 7.11 Å². The quantitative estimate of drug-likeness (QED) is 0.691. The first kappa shape index (κ1) is 19.3. The number of hydrogen-bond donors (Lipinski definition) is 1. The predicted octanol–water partition coefficient (Wildman–Crippen LogP) is 5.33. The smallest absolute Gasteiger partial charge is 0.127 e. The largest absolute Gasteiger partial charge is 0.497 e. The summed E-state index contributed by atoms with van der Waals surface area (Å²) < 4.78 is 11.5. The Morgan fingerprint density at radius 3 is 2.36 bits per heavy atom. The van der Waals surface area contributed by atoms with Crippen molar-refractivity contribution in [3.63, 3.8) is 0 Å². The number of rotatable bonds is 7. The van der Waals surface area contributed by atoms with Crippen LogP contribution in [0.5, 0.6) is 11.5 Å². The van der Waals surface area contributed by atoms with Gasteiger partial charge in [0.05, 0.1) is 20.3 Å². The molecule has 2 aromatic rings. The van der Waals surface area contributed by atoms with Crippen LogP contribution in [0, 0.1) is 0 Å². The molecule has 25 heavy (non-hydrogen) atoms. The highest BCUT2D eigenvalue weighted by atomic mass is 16.5. The van der Waals surface area contributed by atoms with Gasteiger partial charge in [-0.3, -0.25) is 0 Å². The van der Waals surface area contributed by atoms with Crippen LogP contribution in [0.1, 0.15) is 51.7 Å². The van der Waals surface area contributed by atoms with Gasteiger partial charge >= 0.3 is 0 Å². The average molecular weight is 342 g/mol. The molecule has 0 aliphatic carbocycles. The summed E-state index contributed by atoms with van der Waals surface area (Å²) in [5, 5.41) is 9.59. The minimum absolute atomic E-state index is 0.0207. The van der Waals surface area contributed by atoms with Gasteiger partial charge in [-0.25, -0.2) is 0 Å². The van der Waals surface area contributed by atoms with Gasteiger partial charge in [0.2, 0.25) is 0 Å². The van der Waals surface area contributed by atoms with Crippen LogP contribution in [0.25, 0.3) is 11.1 Å². The lowest BCUT2D eigenvalue weighted by Crippen LogP contribution is -2.13. The molecule has 3 heteroatoms. The Kier molecular flexibility index (Phi) is 6.49. The molecular weight excluding hydrogens is 312 g/mol. The zero-order valence-corrected chi connectivity index (χ0v) is 16.1. The fourth-order valence-electron chi connectivity index (χ4n) is 2.87. The van der Waals surface area contributed by atoms with Gasteiger partial charge in [-0.1, -0.05) is 46.2 Å². The SMILES string of the molecule is CCCCOc1ccc(OC)cc1-c1cc(CO)ccc1C(C)(C)C. The van der Waals surface area contributed by atoms with Gasteiger partial charge in [-0.2, -0.15) is 0 Å². The van der Waals surface area contributed by atoms with Crippen LogP contribution in [-0.2, 0) is 12.0 Å². The Balaban J connectivity index is 2.61. The van der Waals surface area contributed by atoms with Crippen molar-refractivity contribution < 1.29 is 14.6 Å². The summed E-state index contributed by atoms with van der Waals surface area (Å²) in [7, 11) is 1.67. The zero-order chi connectivity index (χ0) is 18.4. The molecular formula is C22H30O3. The predicted molar refractivity (Wildman–Crippen MR) is 103 cm³/mol. The molecule has 0 aromatic heterocycles. The molecule has 0 bridgehead atoms. The number of aliphatic hydroxyl groups is 1. The van der Waals surface area contributed by atoms with Gasteiger partial charge in [0.15, 0.2) is 0 Å². The van der Waals surface area contributed by atoms with E-state index in [-0.39, 0.29) is 12.0 Å². The van der Waals surface area contributed by atoms with Crippen molar-refractivity contribution in [2.45, 2.75) is 52.6 Å². The van der Waals surface area contributed by atoms with Crippen molar-refractivity contribution in [2.75, 3.05) is 13.7 Å². The van der Waals surface area contributed by atoms with Crippen molar-refractivity contribution in [3.05, 3.63) is 47.5 Å². The van der Waals surface area contributed by atoms with Gasteiger partial charge < -0.3 is 14.6 Å². The molecule has 0 aliphatic rings. The van der Waals surface area contributed by atoms with E-state index in [0.717, 1.165) is 41.0 Å². The molecule has 136 valence electrons. The number of ether oxygens (including phenoxy) is 2. The second kappa shape index (κ2) is 8.39. The van der Waals surface area contributed by atoms with E-state index in [2.05, 4.69) is 39.8 Å². The van der Waals surface area contributed by atoms with Crippen LogP contribution < -0.4 is 9.47 Å². The second-order valence-electron chi connectivity index (χ2n) is 7.35. The Bertz CT molecular complexity index is 699. The lowest BCUT2D eigenvalue weighted by Gasteiger charge is -2.25. The highest BCUT2D eigenvalue weighted by Crippen LogP contribution is 2.40. The van der Waals surface area contributed by atoms with E-state index >= 15 is 0 Å². The van der Waals surface area contributed by atoms with Crippen molar-refractivity contribution in [3.8, 4) is 22.6 Å². The van der Waals surface area contributed by atoms with E-state index in [4.69, 9.17) is 9.47 Å². The maximum atomic E-state index is 9.59. The fourth-order valence-corrected chi connectivity index (χ4v) is 2.87. The molecule has 2 rings (SSSR count). The number of benzene rings is 2. The molecule has 0 aliphatic heterocycles. The van der Waals surface area contributed by atoms with Crippen LogP contribution in [0.15, 0.2) is 36.4 Å². The third kappa shape index (κ3) is 4.76. The Labute approximate surface area is 151 Å². The molecule has 0 fully saturated rings. The van der Waals surface area contributed by atoms with Crippen molar-refractivity contribution >= 4 is 0 Å². The summed E-state index contributed by atoms with van der Waals surface area (Å²) in [6, 6.07) is 12.1. The summed E-state index contributed by atoms with van der Waals surface area (Å²) in [6.07, 6.45) is 2.12. The summed E-state index contributed by atoms with van der Waals surface area (Å²) >= 11 is 0. The van der Waals surface area contributed by atoms with E-state index in [1.807, 2.05) is 24.3 Å². The monoisotopic (exact) mass is 342 g/mol. The molecule has 0 heterocycles. The topological polar surface area (TPSA) is 38.7 Å². The van der Waals surface area contributed by atoms with Gasteiger partial charge in [0.1, 0.15) is 11.5 Å². The first-order valence-electron chi connectivity index (χ1n) is 8.96. The third-order valence-corrected chi connectivity index (χ3v) is 4.31. The lowest BCUT2D eigenvalue weighted by atomic mass is 9.81. The highest BCUT2D eigenvalue weighted by molar-refractivity contribution is 5.76. The molecule has 0 atom stereocenters. The summed E-state index contributed by atoms with van der Waals surface area (Å²) in [5.74, 6) is 1.65. The van der Waals surface area contributed by atoms with E-state index in [9.17, 15) is 5.11 Å². The standard InChI is InChI=1S/C22H30O3/c1-6-7-12-25-21-11-9-17(24-5)14-19(21)18-13-16(15-23)8-10-20(18)22(2,3)4/h8-11,13-14,23H,6-7,12,15H2,1-5H3. The van der Waals surface area contributed by atoms with E-state index < -0.39 is 0 Å². The molecule has 3 nitrogen and oxygen atoms in total. The van der Waals surface area contributed by atoms with Crippen LogP contribution in [0.2, 0.25) is 0 Å². The average Bonchev–Trinajstić information content (AvgIpc) is 2.60. The van der Waals surface area contributed by atoms with Crippen molar-refractivity contribution in [2.24, 2.45) is 0 Å². The minimum Gasteiger partial charge on any atom is -0.497 e. The fraction of sp³-hybridized carbons (Fsp3) is 0.455. The van der Waals surface area contributed by atoms with Crippen molar-refractivity contribution in [1.82, 2.24) is 0 Å².